The maximum atomic E-state index is 14.8. The molecule has 7 amide bonds. The number of hydrogen-bond acceptors (Lipinski definition) is 30. The summed E-state index contributed by atoms with van der Waals surface area (Å²) in [6.45, 7) is 9.20. The fourth-order valence-corrected chi connectivity index (χ4v) is 17.0. The number of amides is 7. The molecule has 4 aliphatic rings. The summed E-state index contributed by atoms with van der Waals surface area (Å²) in [7, 11) is -1.66. The van der Waals surface area contributed by atoms with Crippen molar-refractivity contribution in [3.63, 3.8) is 0 Å². The lowest BCUT2D eigenvalue weighted by Gasteiger charge is -2.40. The lowest BCUT2D eigenvalue weighted by atomic mass is 9.83. The van der Waals surface area contributed by atoms with Crippen LogP contribution in [0.3, 0.4) is 0 Å². The Hall–Kier alpha value is -11.4. The first-order chi connectivity index (χ1) is 56.4. The number of methoxy groups -OCH3 is 1. The molecule has 44 heteroatoms. The molecule has 41 nitrogen and oxygen atoms in total. The highest BCUT2D eigenvalue weighted by Gasteiger charge is 2.47. The topological polar surface area (TPSA) is 650 Å². The molecule has 14 atom stereocenters. The van der Waals surface area contributed by atoms with E-state index in [9.17, 15) is 106 Å². The van der Waals surface area contributed by atoms with Crippen LogP contribution in [0.25, 0.3) is 33.2 Å². The van der Waals surface area contributed by atoms with Gasteiger partial charge in [0.15, 0.2) is 29.0 Å². The third-order valence-corrected chi connectivity index (χ3v) is 24.0. The molecule has 3 aliphatic heterocycles. The molecule has 20 N–H and O–H groups in total. The lowest BCUT2D eigenvalue weighted by molar-refractivity contribution is -0.253. The minimum atomic E-state index is -4.60. The molecular weight excluding hydrogens is 1620 g/mol. The number of hydrogen-bond donors (Lipinski definition) is 19. The molecule has 1 aliphatic carbocycles. The van der Waals surface area contributed by atoms with E-state index in [2.05, 4.69) is 79.4 Å². The van der Waals surface area contributed by atoms with E-state index < -0.39 is 210 Å². The van der Waals surface area contributed by atoms with Crippen LogP contribution in [-0.2, 0) is 69.3 Å². The third kappa shape index (κ3) is 21.6. The van der Waals surface area contributed by atoms with Crippen molar-refractivity contribution in [3.8, 4) is 0 Å². The van der Waals surface area contributed by atoms with Gasteiger partial charge in [-0.05, 0) is 93.6 Å². The van der Waals surface area contributed by atoms with E-state index in [0.29, 0.717) is 67.9 Å². The van der Waals surface area contributed by atoms with Gasteiger partial charge in [-0.15, -0.1) is 0 Å². The van der Waals surface area contributed by atoms with E-state index in [-0.39, 0.29) is 82.4 Å². The van der Waals surface area contributed by atoms with Crippen LogP contribution in [0.2, 0.25) is 0 Å². The number of ketones is 2. The minimum absolute atomic E-state index is 0.0134. The summed E-state index contributed by atoms with van der Waals surface area (Å²) in [5.74, 6) is -16.6. The van der Waals surface area contributed by atoms with E-state index in [1.165, 1.54) is 37.4 Å². The summed E-state index contributed by atoms with van der Waals surface area (Å²) < 4.78 is 42.5. The van der Waals surface area contributed by atoms with Crippen LogP contribution < -0.4 is 53.8 Å². The van der Waals surface area contributed by atoms with Gasteiger partial charge < -0.3 is 98.3 Å². The Morgan fingerprint density at radius 1 is 0.714 bits per heavy atom. The van der Waals surface area contributed by atoms with Crippen molar-refractivity contribution >= 4 is 147 Å². The third-order valence-electron chi connectivity index (χ3n) is 20.9. The van der Waals surface area contributed by atoms with E-state index in [1.807, 2.05) is 26.0 Å². The number of aliphatic hydroxyl groups excluding tert-OH is 4. The second-order valence-corrected chi connectivity index (χ2v) is 33.1. The van der Waals surface area contributed by atoms with Gasteiger partial charge >= 0.3 is 17.9 Å². The molecule has 0 radical (unpaired) electrons. The largest absolute Gasteiger partial charge is 0.480 e. The van der Waals surface area contributed by atoms with Crippen LogP contribution in [0.4, 0.5) is 11.6 Å². The fraction of sp³-hybridized carbons (Fsp3) is 0.467. The maximum absolute atomic E-state index is 14.8. The molecule has 0 saturated carbocycles. The number of nitrogens with two attached hydrogens (primary N) is 1. The zero-order valence-corrected chi connectivity index (χ0v) is 67.7. The number of aryl methyl sites for hydroxylation is 2. The number of anilines is 2. The number of nitrogens with zero attached hydrogens (tertiary/aromatic N) is 5. The molecule has 6 aromatic rings. The lowest BCUT2D eigenvalue weighted by Crippen LogP contribution is -2.64. The van der Waals surface area contributed by atoms with Crippen LogP contribution >= 0.6 is 21.6 Å². The molecule has 5 aromatic heterocycles. The van der Waals surface area contributed by atoms with Crippen LogP contribution in [0.5, 0.6) is 0 Å². The van der Waals surface area contributed by atoms with E-state index >= 15 is 0 Å². The number of aliphatic hydroxyl groups is 4. The number of fused-ring (bicyclic) bond motifs is 9. The Kier molecular flexibility index (Phi) is 29.5. The molecule has 8 bridgehead atoms. The molecular formula is C75H91N17O24S3. The standard InChI is InChI=1S/C75H91N17O24S3/c1-8-38-30(2)41-23-46-55(34(6)94)32(4)43(83-46)21-42-31(3)39(59(86-42)57-58(73(110)115-7)64(100)56-33(5)44(87-60(56)57)22-45(38)82-41)13-15-51(95)84-47(25-54(98)90-61-65(101)63(99)50(28-93)116-74(61)111)68(103)78-17-19-117-118-29-49(72(108)109)89-69(104)48(24-53(97)77-18-20-119(112,113)114)85-52(96)16-14-40(71(106)107)88-67(102)35-9-11-36(12-10-35)79-26-37-27-80-66-62(81-37)70(105)92-75(76)91-66/h9-12,21-23,27,30-31,38-40,47-50,58,61,63,65,74,79,83,87,93,99,101,111H,8,13-20,24-26,28-29H2,1-7H3,(H,77,97)(H,78,103)(H,84,95)(H,85,96)(H,88,102)(H,89,104)(H,90,98)(H,106,107)(H,108,109)(H,112,113,114)(H3,76,80,91,92,105)/t30-,31+,38-,39+,40+,47?,48+,49+,50?,58?,61?,63?,65?,74?/m1/s1. The Balaban J connectivity index is 0.803. The Labute approximate surface area is 685 Å². The number of aromatic nitrogens is 8. The Morgan fingerprint density at radius 3 is 2.03 bits per heavy atom. The van der Waals surface area contributed by atoms with E-state index in [0.717, 1.165) is 34.4 Å². The van der Waals surface area contributed by atoms with Crippen molar-refractivity contribution in [3.05, 3.63) is 121 Å². The SMILES string of the molecule is CC[C@H]1c2cc3[nH]c4c(c3C)C(=O)C(C(=O)OC)c4c3nc(cc4[nH]c(cc(n2)[C@@H]1C)c(C(C)=O)c4C)[C@@H](C)[C@@H]3CCC(=O)NC(CC(=O)NC1C(O)OC(CO)C(O)C1O)C(=O)NCCSSC[C@H](NC(=O)[C@H](CC(=O)NCCS(=O)(=O)O)NC(=O)CC[C@H](NC(=O)c1ccc(NCc2cnc3nc(N)[nH]c(=O)c3n2)cc1)C(=O)O)C(=O)O. The van der Waals surface area contributed by atoms with Crippen molar-refractivity contribution in [2.45, 2.75) is 177 Å². The summed E-state index contributed by atoms with van der Waals surface area (Å²) in [6.07, 6.45) is -8.75. The summed E-state index contributed by atoms with van der Waals surface area (Å²) in [5, 5.41) is 81.7. The quantitative estimate of drug-likeness (QED) is 0.00623. The highest BCUT2D eigenvalue weighted by Crippen LogP contribution is 2.49. The van der Waals surface area contributed by atoms with Crippen LogP contribution in [-0.4, -0.2) is 253 Å². The molecule has 1 aromatic carbocycles. The first-order valence-electron chi connectivity index (χ1n) is 37.6. The van der Waals surface area contributed by atoms with Crippen molar-refractivity contribution in [1.82, 2.24) is 77.1 Å². The predicted octanol–water partition coefficient (Wildman–Crippen LogP) is 0.173. The van der Waals surface area contributed by atoms with Gasteiger partial charge in [0.2, 0.25) is 41.4 Å². The van der Waals surface area contributed by atoms with Gasteiger partial charge in [0.25, 0.3) is 21.6 Å². The number of carboxylic acid groups (broad SMARTS) is 2. The second-order valence-electron chi connectivity index (χ2n) is 28.9. The average molecular weight is 1710 g/mol. The summed E-state index contributed by atoms with van der Waals surface area (Å²) >= 11 is 0. The number of rotatable bonds is 36. The number of carboxylic acids is 2. The summed E-state index contributed by atoms with van der Waals surface area (Å²) in [4.78, 5) is 208. The first kappa shape index (κ1) is 89.9. The number of Topliss-reactive ketones (excluding diaryl/α,β-unsaturated/α-hetero) is 2. The Morgan fingerprint density at radius 2 is 1.36 bits per heavy atom. The van der Waals surface area contributed by atoms with Gasteiger partial charge in [0, 0.05) is 117 Å². The van der Waals surface area contributed by atoms with Gasteiger partial charge in [-0.2, -0.15) is 13.4 Å². The smallest absolute Gasteiger partial charge is 0.327 e. The van der Waals surface area contributed by atoms with Gasteiger partial charge in [-0.1, -0.05) is 42.4 Å². The normalized spacial score (nSPS) is 20.4. The second kappa shape index (κ2) is 39.0. The number of ether oxygens (including phenoxy) is 2. The summed E-state index contributed by atoms with van der Waals surface area (Å²) in [6, 6.07) is 2.27. The van der Waals surface area contributed by atoms with E-state index in [1.54, 1.807) is 19.9 Å². The molecule has 638 valence electrons. The highest BCUT2D eigenvalue weighted by molar-refractivity contribution is 8.76. The van der Waals surface area contributed by atoms with Crippen molar-refractivity contribution in [2.24, 2.45) is 0 Å². The first-order valence-corrected chi connectivity index (χ1v) is 41.7. The number of esters is 1. The zero-order chi connectivity index (χ0) is 86.8. The van der Waals surface area contributed by atoms with Crippen molar-refractivity contribution < 1.29 is 111 Å². The molecule has 0 spiro atoms. The molecule has 1 saturated heterocycles. The maximum Gasteiger partial charge on any atom is 0.327 e. The van der Waals surface area contributed by atoms with Gasteiger partial charge in [-0.3, -0.25) is 72.2 Å². The van der Waals surface area contributed by atoms with Gasteiger partial charge in [0.05, 0.1) is 67.5 Å². The minimum Gasteiger partial charge on any atom is -0.480 e. The van der Waals surface area contributed by atoms with E-state index in [4.69, 9.17) is 25.2 Å². The predicted molar refractivity (Wildman–Crippen MR) is 428 cm³/mol. The average Bonchev–Trinajstić information content (AvgIpc) is 1.56. The van der Waals surface area contributed by atoms with Crippen LogP contribution in [0, 0.1) is 13.8 Å². The molecule has 8 heterocycles. The Bertz CT molecular complexity index is 5340. The van der Waals surface area contributed by atoms with Crippen molar-refractivity contribution in [2.75, 3.05) is 55.1 Å². The fourth-order valence-electron chi connectivity index (χ4n) is 14.6. The number of H-pyrrole nitrogens is 3. The van der Waals surface area contributed by atoms with Gasteiger partial charge in [-0.25, -0.2) is 19.6 Å². The monoisotopic (exact) mass is 1710 g/mol. The van der Waals surface area contributed by atoms with Crippen LogP contribution in [0.1, 0.15) is 178 Å². The molecule has 119 heavy (non-hydrogen) atoms. The summed E-state index contributed by atoms with van der Waals surface area (Å²) in [5.41, 5.74) is 11.7. The number of carbonyl (C=O) groups excluding carboxylic acids is 10. The molecule has 10 rings (SSSR count). The van der Waals surface area contributed by atoms with Gasteiger partial charge in [0.1, 0.15) is 54.4 Å². The molecule has 7 unspecified atom stereocenters. The van der Waals surface area contributed by atoms with Crippen LogP contribution in [0.15, 0.2) is 53.5 Å². The number of nitrogen functional groups attached to an aromatic ring is 1. The molecule has 1 fully saturated rings. The number of carbonyl (C=O) groups is 12. The number of aliphatic carboxylic acids is 2. The number of nitrogens with one attached hydrogen (secondary N) is 11. The number of aromatic amines is 3. The van der Waals surface area contributed by atoms with Crippen molar-refractivity contribution in [1.29, 1.82) is 0 Å². The zero-order valence-electron chi connectivity index (χ0n) is 65.2. The number of benzene rings is 1. The highest BCUT2D eigenvalue weighted by atomic mass is 33.1.